The quantitative estimate of drug-likeness (QED) is 0.717. The lowest BCUT2D eigenvalue weighted by atomic mass is 9.78. The molecular formula is C22H23NO5S. The number of carbonyl (C=O) groups excluding carboxylic acids is 2. The normalized spacial score (nSPS) is 25.0. The zero-order valence-corrected chi connectivity index (χ0v) is 17.1. The van der Waals surface area contributed by atoms with Crippen LogP contribution in [0.1, 0.15) is 35.2 Å². The number of anilines is 1. The Kier molecular flexibility index (Phi) is 5.17. The van der Waals surface area contributed by atoms with Gasteiger partial charge < -0.3 is 15.2 Å². The topological polar surface area (TPSA) is 92.7 Å². The third kappa shape index (κ3) is 3.44. The largest absolute Gasteiger partial charge is 0.481 e. The number of benzene rings is 1. The number of carboxylic acids is 1. The number of fused-ring (bicyclic) bond motifs is 2. The average molecular weight is 413 g/mol. The molecule has 1 aromatic carbocycles. The number of methoxy groups -OCH3 is 1. The molecule has 1 aromatic heterocycles. The van der Waals surface area contributed by atoms with E-state index < -0.39 is 23.8 Å². The number of amides is 1. The molecule has 2 aromatic rings. The van der Waals surface area contributed by atoms with E-state index in [1.54, 1.807) is 0 Å². The van der Waals surface area contributed by atoms with Crippen molar-refractivity contribution in [3.8, 4) is 11.1 Å². The molecule has 6 nitrogen and oxygen atoms in total. The summed E-state index contributed by atoms with van der Waals surface area (Å²) in [5, 5.41) is 14.7. The summed E-state index contributed by atoms with van der Waals surface area (Å²) in [4.78, 5) is 37.3. The lowest BCUT2D eigenvalue weighted by Crippen LogP contribution is -2.37. The third-order valence-electron chi connectivity index (χ3n) is 6.25. The summed E-state index contributed by atoms with van der Waals surface area (Å²) in [6, 6.07) is 7.76. The molecule has 0 spiro atoms. The van der Waals surface area contributed by atoms with E-state index in [1.807, 2.05) is 36.6 Å². The van der Waals surface area contributed by atoms with E-state index in [2.05, 4.69) is 5.32 Å². The summed E-state index contributed by atoms with van der Waals surface area (Å²) in [5.74, 6) is -2.78. The lowest BCUT2D eigenvalue weighted by Gasteiger charge is -2.26. The molecule has 4 atom stereocenters. The molecular weight excluding hydrogens is 390 g/mol. The maximum atomic E-state index is 13.1. The molecule has 1 amide bonds. The minimum atomic E-state index is -0.905. The van der Waals surface area contributed by atoms with Gasteiger partial charge in [0, 0.05) is 10.9 Å². The van der Waals surface area contributed by atoms with Crippen LogP contribution in [0.3, 0.4) is 0 Å². The highest BCUT2D eigenvalue weighted by Crippen LogP contribution is 2.53. The van der Waals surface area contributed by atoms with Crippen molar-refractivity contribution in [3.05, 3.63) is 40.8 Å². The first-order valence-electron chi connectivity index (χ1n) is 9.71. The minimum absolute atomic E-state index is 0.0690. The van der Waals surface area contributed by atoms with Crippen LogP contribution in [0.15, 0.2) is 29.6 Å². The Morgan fingerprint density at radius 2 is 1.90 bits per heavy atom. The standard InChI is InChI=1S/C22H23NO5S/c1-11-4-3-5-12(8-11)15-10-29-20(18(15)22(27)28-2)23-19(24)16-13-6-7-14(9-13)17(16)21(25)26/h3-5,8,10,13-14,16-17H,6-7,9H2,1-2H3,(H,23,24)(H,25,26)/t13-,14-,16+,17+/m1/s1. The monoisotopic (exact) mass is 413 g/mol. The van der Waals surface area contributed by atoms with Gasteiger partial charge in [-0.25, -0.2) is 4.79 Å². The second-order valence-corrected chi connectivity index (χ2v) is 8.81. The molecule has 2 aliphatic rings. The molecule has 1 heterocycles. The maximum absolute atomic E-state index is 13.1. The molecule has 0 radical (unpaired) electrons. The Bertz CT molecular complexity index is 981. The van der Waals surface area contributed by atoms with E-state index in [-0.39, 0.29) is 17.7 Å². The van der Waals surface area contributed by atoms with E-state index >= 15 is 0 Å². The van der Waals surface area contributed by atoms with Gasteiger partial charge in [0.25, 0.3) is 0 Å². The number of hydrogen-bond donors (Lipinski definition) is 2. The van der Waals surface area contributed by atoms with Gasteiger partial charge in [0.1, 0.15) is 10.6 Å². The highest BCUT2D eigenvalue weighted by atomic mass is 32.1. The first kappa shape index (κ1) is 19.6. The van der Waals surface area contributed by atoms with Crippen LogP contribution < -0.4 is 5.32 Å². The van der Waals surface area contributed by atoms with Crippen LogP contribution in [0.5, 0.6) is 0 Å². The molecule has 2 N–H and O–H groups in total. The van der Waals surface area contributed by atoms with Crippen LogP contribution in [0, 0.1) is 30.6 Å². The molecule has 0 saturated heterocycles. The van der Waals surface area contributed by atoms with E-state index in [9.17, 15) is 19.5 Å². The van der Waals surface area contributed by atoms with Crippen LogP contribution in [-0.4, -0.2) is 30.1 Å². The van der Waals surface area contributed by atoms with Crippen LogP contribution in [0.25, 0.3) is 11.1 Å². The molecule has 2 saturated carbocycles. The van der Waals surface area contributed by atoms with Crippen LogP contribution in [-0.2, 0) is 14.3 Å². The summed E-state index contributed by atoms with van der Waals surface area (Å²) in [5.41, 5.74) is 2.93. The number of hydrogen-bond acceptors (Lipinski definition) is 5. The van der Waals surface area contributed by atoms with Gasteiger partial charge in [-0.05, 0) is 43.6 Å². The van der Waals surface area contributed by atoms with Crippen molar-refractivity contribution in [1.82, 2.24) is 0 Å². The summed E-state index contributed by atoms with van der Waals surface area (Å²) in [7, 11) is 1.31. The number of carbonyl (C=O) groups is 3. The fourth-order valence-electron chi connectivity index (χ4n) is 5.00. The van der Waals surface area contributed by atoms with Crippen LogP contribution >= 0.6 is 11.3 Å². The number of aliphatic carboxylic acids is 1. The van der Waals surface area contributed by atoms with Crippen molar-refractivity contribution in [2.45, 2.75) is 26.2 Å². The van der Waals surface area contributed by atoms with E-state index in [1.165, 1.54) is 18.4 Å². The number of aryl methyl sites for hydroxylation is 1. The highest BCUT2D eigenvalue weighted by molar-refractivity contribution is 7.15. The van der Waals surface area contributed by atoms with Gasteiger partial charge in [0.2, 0.25) is 5.91 Å². The Labute approximate surface area is 172 Å². The van der Waals surface area contributed by atoms with E-state index in [4.69, 9.17) is 4.74 Å². The molecule has 29 heavy (non-hydrogen) atoms. The van der Waals surface area contributed by atoms with Crippen molar-refractivity contribution in [2.75, 3.05) is 12.4 Å². The first-order chi connectivity index (χ1) is 13.9. The molecule has 0 unspecified atom stereocenters. The molecule has 2 aliphatic carbocycles. The number of thiophene rings is 1. The summed E-state index contributed by atoms with van der Waals surface area (Å²) < 4.78 is 4.97. The summed E-state index contributed by atoms with van der Waals surface area (Å²) >= 11 is 1.26. The lowest BCUT2D eigenvalue weighted by molar-refractivity contribution is -0.148. The molecule has 2 bridgehead atoms. The molecule has 7 heteroatoms. The number of nitrogens with one attached hydrogen (secondary N) is 1. The molecule has 4 rings (SSSR count). The Morgan fingerprint density at radius 3 is 2.55 bits per heavy atom. The third-order valence-corrected chi connectivity index (χ3v) is 7.15. The van der Waals surface area contributed by atoms with Gasteiger partial charge >= 0.3 is 11.9 Å². The fraction of sp³-hybridized carbons (Fsp3) is 0.409. The summed E-state index contributed by atoms with van der Waals surface area (Å²) in [6.07, 6.45) is 2.54. The second kappa shape index (κ2) is 7.63. The number of ether oxygens (including phenoxy) is 1. The van der Waals surface area contributed by atoms with Gasteiger partial charge in [-0.3, -0.25) is 9.59 Å². The Hall–Kier alpha value is -2.67. The Balaban J connectivity index is 1.66. The van der Waals surface area contributed by atoms with Gasteiger partial charge in [0.05, 0.1) is 18.9 Å². The summed E-state index contributed by atoms with van der Waals surface area (Å²) in [6.45, 7) is 1.97. The SMILES string of the molecule is COC(=O)c1c(-c2cccc(C)c2)csc1NC(=O)[C@H]1[C@@H]2CC[C@H](C2)[C@@H]1C(=O)O. The van der Waals surface area contributed by atoms with Crippen molar-refractivity contribution in [2.24, 2.45) is 23.7 Å². The maximum Gasteiger partial charge on any atom is 0.341 e. The average Bonchev–Trinajstić information content (AvgIpc) is 3.41. The van der Waals surface area contributed by atoms with Crippen molar-refractivity contribution in [1.29, 1.82) is 0 Å². The Morgan fingerprint density at radius 1 is 1.17 bits per heavy atom. The van der Waals surface area contributed by atoms with E-state index in [0.717, 1.165) is 30.4 Å². The first-order valence-corrected chi connectivity index (χ1v) is 10.6. The van der Waals surface area contributed by atoms with Crippen molar-refractivity contribution in [3.63, 3.8) is 0 Å². The fourth-order valence-corrected chi connectivity index (χ4v) is 5.96. The highest BCUT2D eigenvalue weighted by Gasteiger charge is 2.54. The number of esters is 1. The van der Waals surface area contributed by atoms with Gasteiger partial charge in [-0.1, -0.05) is 29.8 Å². The van der Waals surface area contributed by atoms with Crippen LogP contribution in [0.4, 0.5) is 5.00 Å². The van der Waals surface area contributed by atoms with Crippen molar-refractivity contribution < 1.29 is 24.2 Å². The van der Waals surface area contributed by atoms with Gasteiger partial charge in [0.15, 0.2) is 0 Å². The predicted octanol–water partition coefficient (Wildman–Crippen LogP) is 4.20. The predicted molar refractivity (Wildman–Crippen MR) is 110 cm³/mol. The molecule has 152 valence electrons. The van der Waals surface area contributed by atoms with Crippen molar-refractivity contribution >= 4 is 34.2 Å². The number of rotatable bonds is 5. The van der Waals surface area contributed by atoms with Crippen LogP contribution in [0.2, 0.25) is 0 Å². The zero-order chi connectivity index (χ0) is 20.7. The second-order valence-electron chi connectivity index (χ2n) is 7.93. The molecule has 0 aliphatic heterocycles. The van der Waals surface area contributed by atoms with Gasteiger partial charge in [-0.2, -0.15) is 0 Å². The molecule has 2 fully saturated rings. The number of carboxylic acid groups (broad SMARTS) is 1. The van der Waals surface area contributed by atoms with E-state index in [0.29, 0.717) is 16.1 Å². The smallest absolute Gasteiger partial charge is 0.341 e. The zero-order valence-electron chi connectivity index (χ0n) is 16.3. The minimum Gasteiger partial charge on any atom is -0.481 e. The van der Waals surface area contributed by atoms with Gasteiger partial charge in [-0.15, -0.1) is 11.3 Å².